The summed E-state index contributed by atoms with van der Waals surface area (Å²) in [5.74, 6) is -1.23. The van der Waals surface area contributed by atoms with Gasteiger partial charge in [-0.25, -0.2) is 0 Å². The molecule has 110 valence electrons. The largest absolute Gasteiger partial charge is 0.481 e. The van der Waals surface area contributed by atoms with Crippen LogP contribution in [0.1, 0.15) is 34.9 Å². The molecule has 0 radical (unpaired) electrons. The molecule has 0 fully saturated rings. The van der Waals surface area contributed by atoms with Crippen LogP contribution in [0.25, 0.3) is 0 Å². The molecule has 0 bridgehead atoms. The lowest BCUT2D eigenvalue weighted by Gasteiger charge is -2.36. The molecule has 0 saturated heterocycles. The molecule has 1 aliphatic rings. The number of nitrogens with zero attached hydrogens (tertiary/aromatic N) is 1. The first-order valence-electron chi connectivity index (χ1n) is 6.86. The molecule has 0 amide bonds. The van der Waals surface area contributed by atoms with E-state index in [1.54, 1.807) is 11.3 Å². The average Bonchev–Trinajstić information content (AvgIpc) is 2.91. The van der Waals surface area contributed by atoms with E-state index in [1.807, 2.05) is 36.4 Å². The van der Waals surface area contributed by atoms with Crippen LogP contribution >= 0.6 is 22.9 Å². The number of carboxylic acid groups (broad SMARTS) is 1. The van der Waals surface area contributed by atoms with Gasteiger partial charge in [-0.2, -0.15) is 0 Å². The highest BCUT2D eigenvalue weighted by atomic mass is 35.5. The maximum absolute atomic E-state index is 11.6. The first-order chi connectivity index (χ1) is 10.1. The molecule has 3 nitrogen and oxygen atoms in total. The zero-order valence-corrected chi connectivity index (χ0v) is 13.2. The number of hydrogen-bond acceptors (Lipinski definition) is 3. The van der Waals surface area contributed by atoms with Crippen molar-refractivity contribution in [3.8, 4) is 0 Å². The number of benzene rings is 1. The molecule has 1 N–H and O–H groups in total. The van der Waals surface area contributed by atoms with Crippen LogP contribution in [0.3, 0.4) is 0 Å². The van der Waals surface area contributed by atoms with Gasteiger partial charge < -0.3 is 5.11 Å². The minimum absolute atomic E-state index is 0.165. The number of thiophene rings is 1. The van der Waals surface area contributed by atoms with Crippen molar-refractivity contribution in [3.05, 3.63) is 56.7 Å². The van der Waals surface area contributed by atoms with Crippen molar-refractivity contribution in [2.45, 2.75) is 25.4 Å². The third-order valence-electron chi connectivity index (χ3n) is 4.07. The molecule has 1 aliphatic heterocycles. The highest BCUT2D eigenvalue weighted by Gasteiger charge is 2.32. The van der Waals surface area contributed by atoms with Crippen LogP contribution in [0.5, 0.6) is 0 Å². The summed E-state index contributed by atoms with van der Waals surface area (Å²) in [4.78, 5) is 15.0. The third-order valence-corrected chi connectivity index (χ3v) is 5.47. The molecule has 1 aromatic heterocycles. The summed E-state index contributed by atoms with van der Waals surface area (Å²) in [6.07, 6.45) is 0. The van der Waals surface area contributed by atoms with Crippen molar-refractivity contribution in [1.29, 1.82) is 0 Å². The Morgan fingerprint density at radius 2 is 2.14 bits per heavy atom. The Morgan fingerprint density at radius 1 is 1.38 bits per heavy atom. The predicted octanol–water partition coefficient (Wildman–Crippen LogP) is 4.15. The van der Waals surface area contributed by atoms with Crippen LogP contribution < -0.4 is 0 Å². The zero-order chi connectivity index (χ0) is 15.0. The smallest absolute Gasteiger partial charge is 0.312 e. The summed E-state index contributed by atoms with van der Waals surface area (Å²) < 4.78 is 0.768. The molecule has 3 rings (SSSR count). The summed E-state index contributed by atoms with van der Waals surface area (Å²) >= 11 is 7.57. The fraction of sp³-hybridized carbons (Fsp3) is 0.312. The Balaban J connectivity index is 1.91. The predicted molar refractivity (Wildman–Crippen MR) is 85.0 cm³/mol. The van der Waals surface area contributed by atoms with E-state index in [-0.39, 0.29) is 6.04 Å². The van der Waals surface area contributed by atoms with Crippen LogP contribution in [0.15, 0.2) is 36.4 Å². The lowest BCUT2D eigenvalue weighted by molar-refractivity contribution is -0.139. The van der Waals surface area contributed by atoms with Gasteiger partial charge in [-0.3, -0.25) is 9.69 Å². The molecule has 0 saturated carbocycles. The Hall–Kier alpha value is -1.36. The summed E-state index contributed by atoms with van der Waals surface area (Å²) in [5.41, 5.74) is 2.04. The van der Waals surface area contributed by atoms with E-state index < -0.39 is 11.9 Å². The second-order valence-electron chi connectivity index (χ2n) is 5.34. The summed E-state index contributed by atoms with van der Waals surface area (Å²) in [6, 6.07) is 11.9. The van der Waals surface area contributed by atoms with Gasteiger partial charge in [0.05, 0.1) is 10.3 Å². The third kappa shape index (κ3) is 2.84. The zero-order valence-electron chi connectivity index (χ0n) is 11.6. The normalized spacial score (nSPS) is 20.0. The topological polar surface area (TPSA) is 40.5 Å². The van der Waals surface area contributed by atoms with Gasteiger partial charge in [-0.1, -0.05) is 35.9 Å². The number of fused-ring (bicyclic) bond motifs is 1. The minimum Gasteiger partial charge on any atom is -0.481 e. The van der Waals surface area contributed by atoms with Gasteiger partial charge in [-0.05, 0) is 30.2 Å². The van der Waals surface area contributed by atoms with Crippen molar-refractivity contribution in [3.63, 3.8) is 0 Å². The molecule has 0 spiro atoms. The van der Waals surface area contributed by atoms with Gasteiger partial charge in [0, 0.05) is 24.0 Å². The quantitative estimate of drug-likeness (QED) is 0.923. The molecule has 2 heterocycles. The lowest BCUT2D eigenvalue weighted by Crippen LogP contribution is -2.38. The Kier molecular flexibility index (Phi) is 4.02. The Morgan fingerprint density at radius 3 is 2.81 bits per heavy atom. The fourth-order valence-corrected chi connectivity index (χ4v) is 4.02. The van der Waals surface area contributed by atoms with Crippen molar-refractivity contribution >= 4 is 28.9 Å². The Bertz CT molecular complexity index is 670. The number of rotatable bonds is 3. The summed E-state index contributed by atoms with van der Waals surface area (Å²) in [7, 11) is 0. The molecule has 2 aromatic rings. The first kappa shape index (κ1) is 14.6. The number of aliphatic carboxylic acids is 1. The second kappa shape index (κ2) is 5.79. The van der Waals surface area contributed by atoms with Crippen molar-refractivity contribution in [2.75, 3.05) is 6.54 Å². The van der Waals surface area contributed by atoms with Crippen molar-refractivity contribution in [2.24, 2.45) is 0 Å². The number of carbonyl (C=O) groups is 1. The van der Waals surface area contributed by atoms with E-state index in [9.17, 15) is 9.90 Å². The van der Waals surface area contributed by atoms with E-state index in [0.29, 0.717) is 6.54 Å². The van der Waals surface area contributed by atoms with Crippen LogP contribution in [0.4, 0.5) is 0 Å². The highest BCUT2D eigenvalue weighted by molar-refractivity contribution is 7.16. The molecule has 2 atom stereocenters. The summed E-state index contributed by atoms with van der Waals surface area (Å²) in [6.45, 7) is 3.41. The van der Waals surface area contributed by atoms with E-state index >= 15 is 0 Å². The van der Waals surface area contributed by atoms with E-state index in [2.05, 4.69) is 11.8 Å². The Labute approximate surface area is 132 Å². The standard InChI is InChI=1S/C16H16ClNO2S/c1-10(14-6-7-15(17)21-14)18-8-11-4-2-3-5-12(11)13(9-18)16(19)20/h2-7,10,13H,8-9H2,1H3,(H,19,20). The average molecular weight is 322 g/mol. The monoisotopic (exact) mass is 321 g/mol. The molecular weight excluding hydrogens is 306 g/mol. The van der Waals surface area contributed by atoms with Gasteiger partial charge in [0.15, 0.2) is 0 Å². The summed E-state index contributed by atoms with van der Waals surface area (Å²) in [5, 5.41) is 9.51. The van der Waals surface area contributed by atoms with Gasteiger partial charge in [0.1, 0.15) is 0 Å². The van der Waals surface area contributed by atoms with E-state index in [4.69, 9.17) is 11.6 Å². The van der Waals surface area contributed by atoms with Crippen LogP contribution in [0.2, 0.25) is 4.34 Å². The molecule has 2 unspecified atom stereocenters. The van der Waals surface area contributed by atoms with Crippen LogP contribution in [0, 0.1) is 0 Å². The molecule has 5 heteroatoms. The SMILES string of the molecule is CC(c1ccc(Cl)s1)N1Cc2ccccc2C(C(=O)O)C1. The fourth-order valence-electron chi connectivity index (χ4n) is 2.87. The minimum atomic E-state index is -0.761. The number of carboxylic acids is 1. The van der Waals surface area contributed by atoms with Gasteiger partial charge in [0.25, 0.3) is 0 Å². The maximum Gasteiger partial charge on any atom is 0.312 e. The van der Waals surface area contributed by atoms with Crippen LogP contribution in [-0.2, 0) is 11.3 Å². The second-order valence-corrected chi connectivity index (χ2v) is 7.08. The molecule has 0 aliphatic carbocycles. The van der Waals surface area contributed by atoms with Crippen LogP contribution in [-0.4, -0.2) is 22.5 Å². The highest BCUT2D eigenvalue weighted by Crippen LogP contribution is 2.36. The number of halogens is 1. The lowest BCUT2D eigenvalue weighted by atomic mass is 9.89. The van der Waals surface area contributed by atoms with Crippen molar-refractivity contribution < 1.29 is 9.90 Å². The van der Waals surface area contributed by atoms with E-state index in [1.165, 1.54) is 4.88 Å². The van der Waals surface area contributed by atoms with Gasteiger partial charge >= 0.3 is 5.97 Å². The molecular formula is C16H16ClNO2S. The molecule has 21 heavy (non-hydrogen) atoms. The van der Waals surface area contributed by atoms with Gasteiger partial charge in [0.2, 0.25) is 0 Å². The van der Waals surface area contributed by atoms with Gasteiger partial charge in [-0.15, -0.1) is 11.3 Å². The number of hydrogen-bond donors (Lipinski definition) is 1. The van der Waals surface area contributed by atoms with Crippen molar-refractivity contribution in [1.82, 2.24) is 4.90 Å². The maximum atomic E-state index is 11.6. The first-order valence-corrected chi connectivity index (χ1v) is 8.05. The molecule has 1 aromatic carbocycles. The van der Waals surface area contributed by atoms with E-state index in [0.717, 1.165) is 22.0 Å².